The topological polar surface area (TPSA) is 124 Å². The molecular formula is C14H12F3N3O6. The largest absolute Gasteiger partial charge is 0.466 e. The predicted octanol–water partition coefficient (Wildman–Crippen LogP) is 1.57. The fraction of sp³-hybridized carbons (Fsp3) is 0.357. The molecule has 1 N–H and O–H groups in total. The first-order chi connectivity index (χ1) is 12.1. The van der Waals surface area contributed by atoms with Crippen LogP contribution in [-0.4, -0.2) is 27.1 Å². The number of rotatable bonds is 5. The molecule has 0 amide bonds. The van der Waals surface area contributed by atoms with Gasteiger partial charge in [0.25, 0.3) is 5.69 Å². The van der Waals surface area contributed by atoms with Gasteiger partial charge in [-0.2, -0.15) is 13.2 Å². The predicted molar refractivity (Wildman–Crippen MR) is 81.7 cm³/mol. The van der Waals surface area contributed by atoms with Gasteiger partial charge >= 0.3 is 23.3 Å². The van der Waals surface area contributed by atoms with Gasteiger partial charge < -0.3 is 14.3 Å². The Morgan fingerprint density at radius 3 is 2.54 bits per heavy atom. The Labute approximate surface area is 142 Å². The van der Waals surface area contributed by atoms with Crippen molar-refractivity contribution in [3.63, 3.8) is 0 Å². The van der Waals surface area contributed by atoms with Gasteiger partial charge in [0.05, 0.1) is 29.0 Å². The zero-order chi connectivity index (χ0) is 19.6. The summed E-state index contributed by atoms with van der Waals surface area (Å²) in [5.74, 6) is -0.700. The quantitative estimate of drug-likeness (QED) is 0.366. The second-order valence-electron chi connectivity index (χ2n) is 5.11. The molecule has 1 aromatic carbocycles. The highest BCUT2D eigenvalue weighted by molar-refractivity contribution is 5.79. The normalized spacial score (nSPS) is 11.5. The van der Waals surface area contributed by atoms with E-state index in [4.69, 9.17) is 0 Å². The number of fused-ring (bicyclic) bond motifs is 1. The number of H-pyrrole nitrogens is 1. The maximum absolute atomic E-state index is 13.0. The lowest BCUT2D eigenvalue weighted by Crippen LogP contribution is -2.37. The number of hydrogen-bond acceptors (Lipinski definition) is 6. The number of aromatic nitrogens is 2. The van der Waals surface area contributed by atoms with Gasteiger partial charge in [0.2, 0.25) is 0 Å². The summed E-state index contributed by atoms with van der Waals surface area (Å²) < 4.78 is 44.5. The maximum Gasteiger partial charge on any atom is 0.423 e. The molecule has 0 saturated carbocycles. The van der Waals surface area contributed by atoms with Crippen molar-refractivity contribution in [1.29, 1.82) is 0 Å². The van der Waals surface area contributed by atoms with Gasteiger partial charge in [-0.15, -0.1) is 0 Å². The highest BCUT2D eigenvalue weighted by Crippen LogP contribution is 2.37. The van der Waals surface area contributed by atoms with Crippen molar-refractivity contribution < 1.29 is 27.6 Å². The van der Waals surface area contributed by atoms with E-state index < -0.39 is 45.0 Å². The van der Waals surface area contributed by atoms with E-state index in [1.165, 1.54) is 0 Å². The molecule has 0 saturated heterocycles. The number of nitrogens with zero attached hydrogens (tertiary/aromatic N) is 2. The van der Waals surface area contributed by atoms with Crippen molar-refractivity contribution >= 4 is 22.7 Å². The number of aryl methyl sites for hydroxylation is 1. The third-order valence-corrected chi connectivity index (χ3v) is 3.44. The third kappa shape index (κ3) is 3.73. The molecule has 0 aliphatic carbocycles. The number of aromatic amines is 1. The average molecular weight is 375 g/mol. The van der Waals surface area contributed by atoms with Crippen molar-refractivity contribution in [2.75, 3.05) is 6.61 Å². The Morgan fingerprint density at radius 1 is 1.35 bits per heavy atom. The third-order valence-electron chi connectivity index (χ3n) is 3.44. The lowest BCUT2D eigenvalue weighted by atomic mass is 10.1. The van der Waals surface area contributed by atoms with E-state index in [2.05, 4.69) is 4.74 Å². The Kier molecular flexibility index (Phi) is 5.14. The van der Waals surface area contributed by atoms with E-state index in [-0.39, 0.29) is 25.1 Å². The van der Waals surface area contributed by atoms with Crippen molar-refractivity contribution in [3.8, 4) is 0 Å². The summed E-state index contributed by atoms with van der Waals surface area (Å²) in [4.78, 5) is 46.8. The van der Waals surface area contributed by atoms with Gasteiger partial charge in [0, 0.05) is 12.6 Å². The molecule has 0 aliphatic heterocycles. The second kappa shape index (κ2) is 6.98. The van der Waals surface area contributed by atoms with Crippen molar-refractivity contribution in [1.82, 2.24) is 9.55 Å². The summed E-state index contributed by atoms with van der Waals surface area (Å²) in [5, 5.41) is 11.0. The van der Waals surface area contributed by atoms with Crippen LogP contribution in [0.3, 0.4) is 0 Å². The molecule has 1 aromatic heterocycles. The maximum atomic E-state index is 13.0. The van der Waals surface area contributed by atoms with E-state index >= 15 is 0 Å². The fourth-order valence-electron chi connectivity index (χ4n) is 2.34. The summed E-state index contributed by atoms with van der Waals surface area (Å²) in [7, 11) is 0. The Morgan fingerprint density at radius 2 is 2.00 bits per heavy atom. The Bertz CT molecular complexity index is 992. The van der Waals surface area contributed by atoms with Crippen LogP contribution in [0.5, 0.6) is 0 Å². The molecule has 9 nitrogen and oxygen atoms in total. The standard InChI is InChI=1S/C14H12F3N3O6/c1-2-26-11(21)3-4-19-10-6-9(20(24)25)7(14(15,16)17)5-8(10)18-12(22)13(19)23/h5-6H,2-4H2,1H3,(H,18,22). The minimum Gasteiger partial charge on any atom is -0.466 e. The molecule has 0 unspecified atom stereocenters. The van der Waals surface area contributed by atoms with Crippen LogP contribution >= 0.6 is 0 Å². The minimum absolute atomic E-state index is 0.0737. The van der Waals surface area contributed by atoms with Crippen LogP contribution in [0.25, 0.3) is 11.0 Å². The first kappa shape index (κ1) is 19.1. The summed E-state index contributed by atoms with van der Waals surface area (Å²) in [5.41, 5.74) is -5.95. The number of ether oxygens (including phenoxy) is 1. The smallest absolute Gasteiger partial charge is 0.423 e. The molecule has 0 aliphatic rings. The number of benzene rings is 1. The molecule has 0 radical (unpaired) electrons. The lowest BCUT2D eigenvalue weighted by molar-refractivity contribution is -0.387. The summed E-state index contributed by atoms with van der Waals surface area (Å²) >= 11 is 0. The Balaban J connectivity index is 2.72. The molecule has 26 heavy (non-hydrogen) atoms. The molecule has 12 heteroatoms. The number of esters is 1. The number of hydrogen-bond donors (Lipinski definition) is 1. The zero-order valence-corrected chi connectivity index (χ0v) is 13.3. The number of nitro groups is 1. The van der Waals surface area contributed by atoms with E-state index in [0.717, 1.165) is 0 Å². The first-order valence-corrected chi connectivity index (χ1v) is 7.24. The van der Waals surface area contributed by atoms with Gasteiger partial charge in [-0.25, -0.2) is 0 Å². The monoisotopic (exact) mass is 375 g/mol. The fourth-order valence-corrected chi connectivity index (χ4v) is 2.34. The summed E-state index contributed by atoms with van der Waals surface area (Å²) in [6.45, 7) is 1.24. The summed E-state index contributed by atoms with van der Waals surface area (Å²) in [6, 6.07) is 0.926. The number of nitrogens with one attached hydrogen (secondary N) is 1. The van der Waals surface area contributed by atoms with E-state index in [0.29, 0.717) is 16.7 Å². The SMILES string of the molecule is CCOC(=O)CCn1c(=O)c(=O)[nH]c2cc(C(F)(F)F)c([N+](=O)[O-])cc21. The van der Waals surface area contributed by atoms with Crippen LogP contribution in [-0.2, 0) is 22.3 Å². The molecule has 0 bridgehead atoms. The van der Waals surface area contributed by atoms with Gasteiger partial charge in [-0.1, -0.05) is 0 Å². The van der Waals surface area contributed by atoms with Gasteiger partial charge in [-0.05, 0) is 13.0 Å². The average Bonchev–Trinajstić information content (AvgIpc) is 2.53. The number of carbonyl (C=O) groups excluding carboxylic acids is 1. The number of halogens is 3. The summed E-state index contributed by atoms with van der Waals surface area (Å²) in [6.07, 6.45) is -5.39. The number of nitro benzene ring substituents is 1. The van der Waals surface area contributed by atoms with Crippen LogP contribution < -0.4 is 11.1 Å². The van der Waals surface area contributed by atoms with Gasteiger partial charge in [-0.3, -0.25) is 24.5 Å². The minimum atomic E-state index is -5.04. The highest BCUT2D eigenvalue weighted by atomic mass is 19.4. The van der Waals surface area contributed by atoms with Crippen molar-refractivity contribution in [3.05, 3.63) is 48.5 Å². The molecule has 1 heterocycles. The molecular weight excluding hydrogens is 363 g/mol. The van der Waals surface area contributed by atoms with E-state index in [1.807, 2.05) is 4.98 Å². The number of alkyl halides is 3. The van der Waals surface area contributed by atoms with Crippen molar-refractivity contribution in [2.24, 2.45) is 0 Å². The zero-order valence-electron chi connectivity index (χ0n) is 13.3. The first-order valence-electron chi connectivity index (χ1n) is 7.24. The van der Waals surface area contributed by atoms with Crippen LogP contribution in [0.2, 0.25) is 0 Å². The molecule has 2 aromatic rings. The highest BCUT2D eigenvalue weighted by Gasteiger charge is 2.39. The number of carbonyl (C=O) groups is 1. The van der Waals surface area contributed by atoms with Crippen LogP contribution in [0.1, 0.15) is 18.9 Å². The lowest BCUT2D eigenvalue weighted by Gasteiger charge is -2.12. The van der Waals surface area contributed by atoms with Crippen LogP contribution in [0.15, 0.2) is 21.7 Å². The van der Waals surface area contributed by atoms with Crippen LogP contribution in [0.4, 0.5) is 18.9 Å². The Hall–Kier alpha value is -3.18. The molecule has 140 valence electrons. The molecule has 0 fully saturated rings. The molecule has 2 rings (SSSR count). The van der Waals surface area contributed by atoms with Crippen molar-refractivity contribution in [2.45, 2.75) is 26.1 Å². The van der Waals surface area contributed by atoms with Gasteiger partial charge in [0.1, 0.15) is 5.56 Å². The van der Waals surface area contributed by atoms with E-state index in [1.54, 1.807) is 6.92 Å². The molecule has 0 spiro atoms. The van der Waals surface area contributed by atoms with Crippen LogP contribution in [0, 0.1) is 10.1 Å². The molecule has 0 atom stereocenters. The van der Waals surface area contributed by atoms with E-state index in [9.17, 15) is 37.7 Å². The second-order valence-corrected chi connectivity index (χ2v) is 5.11. The van der Waals surface area contributed by atoms with Gasteiger partial charge in [0.15, 0.2) is 0 Å².